The fourth-order valence-electron chi connectivity index (χ4n) is 1.15. The van der Waals surface area contributed by atoms with Gasteiger partial charge in [0.25, 0.3) is 0 Å². The van der Waals surface area contributed by atoms with Crippen LogP contribution >= 0.6 is 34.9 Å². The van der Waals surface area contributed by atoms with Crippen molar-refractivity contribution in [3.8, 4) is 0 Å². The van der Waals surface area contributed by atoms with Gasteiger partial charge in [-0.05, 0) is 35.8 Å². The first kappa shape index (κ1) is 12.3. The summed E-state index contributed by atoms with van der Waals surface area (Å²) in [5.41, 5.74) is 0.502. The summed E-state index contributed by atoms with van der Waals surface area (Å²) in [6.07, 6.45) is 0. The van der Waals surface area contributed by atoms with Crippen molar-refractivity contribution in [1.82, 2.24) is 9.59 Å². The van der Waals surface area contributed by atoms with Gasteiger partial charge in [0.2, 0.25) is 0 Å². The zero-order valence-corrected chi connectivity index (χ0v) is 10.8. The predicted molar refractivity (Wildman–Crippen MR) is 67.9 cm³/mol. The average Bonchev–Trinajstić information content (AvgIpc) is 2.76. The highest BCUT2D eigenvalue weighted by molar-refractivity contribution is 7.98. The van der Waals surface area contributed by atoms with Gasteiger partial charge in [-0.2, -0.15) is 0 Å². The van der Waals surface area contributed by atoms with Gasteiger partial charge < -0.3 is 5.11 Å². The Labute approximate surface area is 111 Å². The number of rotatable bonds is 4. The van der Waals surface area contributed by atoms with Crippen molar-refractivity contribution >= 4 is 40.9 Å². The number of benzene rings is 1. The number of aromatic nitrogens is 2. The van der Waals surface area contributed by atoms with Crippen LogP contribution in [0.15, 0.2) is 29.2 Å². The third-order valence-electron chi connectivity index (χ3n) is 1.94. The fraction of sp³-hybridized carbons (Fsp3) is 0.100. The van der Waals surface area contributed by atoms with Crippen molar-refractivity contribution in [3.63, 3.8) is 0 Å². The number of thioether (sulfide) groups is 1. The van der Waals surface area contributed by atoms with E-state index < -0.39 is 5.97 Å². The summed E-state index contributed by atoms with van der Waals surface area (Å²) >= 11 is 8.17. The lowest BCUT2D eigenvalue weighted by Gasteiger charge is -1.99. The number of hydrogen-bond acceptors (Lipinski definition) is 5. The summed E-state index contributed by atoms with van der Waals surface area (Å²) in [6.45, 7) is 0. The third-order valence-corrected chi connectivity index (χ3v) is 3.97. The molecular weight excluding hydrogens is 280 g/mol. The van der Waals surface area contributed by atoms with E-state index in [-0.39, 0.29) is 4.88 Å². The van der Waals surface area contributed by atoms with E-state index in [9.17, 15) is 4.79 Å². The summed E-state index contributed by atoms with van der Waals surface area (Å²) in [6, 6.07) is 7.35. The first-order valence-corrected chi connectivity index (χ1v) is 6.73. The van der Waals surface area contributed by atoms with Crippen LogP contribution in [0.4, 0.5) is 0 Å². The molecule has 0 bridgehead atoms. The van der Waals surface area contributed by atoms with Crippen LogP contribution in [0, 0.1) is 0 Å². The summed E-state index contributed by atoms with van der Waals surface area (Å²) < 4.78 is 3.65. The number of aromatic carboxylic acids is 1. The second-order valence-corrected chi connectivity index (χ2v) is 5.34. The molecule has 0 unspecified atom stereocenters. The van der Waals surface area contributed by atoms with Crippen LogP contribution in [-0.2, 0) is 5.75 Å². The average molecular weight is 287 g/mol. The lowest BCUT2D eigenvalue weighted by molar-refractivity contribution is 0.0701. The molecule has 1 aromatic heterocycles. The van der Waals surface area contributed by atoms with Gasteiger partial charge in [-0.3, -0.25) is 0 Å². The van der Waals surface area contributed by atoms with Crippen molar-refractivity contribution in [2.24, 2.45) is 0 Å². The lowest BCUT2D eigenvalue weighted by atomic mass is 10.4. The van der Waals surface area contributed by atoms with Crippen molar-refractivity contribution in [2.45, 2.75) is 10.6 Å². The zero-order valence-electron chi connectivity index (χ0n) is 8.46. The Morgan fingerprint density at radius 3 is 2.76 bits per heavy atom. The Bertz CT molecular complexity index is 527. The second-order valence-electron chi connectivity index (χ2n) is 3.10. The molecule has 0 spiro atoms. The van der Waals surface area contributed by atoms with Crippen LogP contribution in [0.3, 0.4) is 0 Å². The van der Waals surface area contributed by atoms with Gasteiger partial charge in [-0.1, -0.05) is 16.1 Å². The largest absolute Gasteiger partial charge is 0.477 e. The smallest absolute Gasteiger partial charge is 0.349 e. The van der Waals surface area contributed by atoms with Crippen molar-refractivity contribution < 1.29 is 9.90 Å². The summed E-state index contributed by atoms with van der Waals surface area (Å²) in [4.78, 5) is 12.1. The summed E-state index contributed by atoms with van der Waals surface area (Å²) in [7, 11) is 0. The molecule has 0 radical (unpaired) electrons. The first-order chi connectivity index (χ1) is 8.16. The fourth-order valence-corrected chi connectivity index (χ4v) is 2.72. The van der Waals surface area contributed by atoms with Gasteiger partial charge in [0.1, 0.15) is 5.69 Å². The predicted octanol–water partition coefficient (Wildman–Crippen LogP) is 3.18. The zero-order chi connectivity index (χ0) is 12.3. The monoisotopic (exact) mass is 286 g/mol. The maximum absolute atomic E-state index is 10.8. The highest BCUT2D eigenvalue weighted by Crippen LogP contribution is 2.25. The number of nitrogens with zero attached hydrogens (tertiary/aromatic N) is 2. The minimum absolute atomic E-state index is 0.200. The van der Waals surface area contributed by atoms with Gasteiger partial charge in [0.15, 0.2) is 4.88 Å². The van der Waals surface area contributed by atoms with E-state index in [4.69, 9.17) is 16.7 Å². The normalized spacial score (nSPS) is 10.4. The van der Waals surface area contributed by atoms with Crippen LogP contribution in [0.1, 0.15) is 15.4 Å². The molecule has 0 aliphatic rings. The molecule has 0 amide bonds. The first-order valence-electron chi connectivity index (χ1n) is 4.59. The van der Waals surface area contributed by atoms with Gasteiger partial charge >= 0.3 is 5.97 Å². The molecule has 17 heavy (non-hydrogen) atoms. The highest BCUT2D eigenvalue weighted by Gasteiger charge is 2.14. The maximum atomic E-state index is 10.8. The van der Waals surface area contributed by atoms with Crippen molar-refractivity contribution in [1.29, 1.82) is 0 Å². The number of carbonyl (C=O) groups is 1. The molecule has 0 saturated heterocycles. The SMILES string of the molecule is O=C(O)c1snnc1CSc1ccc(Cl)cc1. The van der Waals surface area contributed by atoms with E-state index in [2.05, 4.69) is 9.59 Å². The minimum atomic E-state index is -0.980. The molecule has 0 aliphatic heterocycles. The number of halogens is 1. The van der Waals surface area contributed by atoms with Crippen molar-refractivity contribution in [3.05, 3.63) is 39.9 Å². The van der Waals surface area contributed by atoms with Crippen LogP contribution in [0.25, 0.3) is 0 Å². The Morgan fingerprint density at radius 1 is 1.41 bits per heavy atom. The molecular formula is C10H7ClN2O2S2. The standard InChI is InChI=1S/C10H7ClN2O2S2/c11-6-1-3-7(4-2-6)16-5-8-9(10(14)15)17-13-12-8/h1-4H,5H2,(H,14,15). The third kappa shape index (κ3) is 3.18. The quantitative estimate of drug-likeness (QED) is 0.875. The molecule has 0 fully saturated rings. The van der Waals surface area contributed by atoms with Crippen LogP contribution in [0.5, 0.6) is 0 Å². The van der Waals surface area contributed by atoms with Crippen LogP contribution < -0.4 is 0 Å². The number of hydrogen-bond donors (Lipinski definition) is 1. The van der Waals surface area contributed by atoms with Gasteiger partial charge in [0.05, 0.1) is 0 Å². The molecule has 1 heterocycles. The molecule has 2 rings (SSSR count). The molecule has 7 heteroatoms. The number of carboxylic acids is 1. The molecule has 88 valence electrons. The Hall–Kier alpha value is -1.11. The Kier molecular flexibility index (Phi) is 3.98. The molecule has 1 aromatic carbocycles. The summed E-state index contributed by atoms with van der Waals surface area (Å²) in [5.74, 6) is -0.494. The van der Waals surface area contributed by atoms with E-state index >= 15 is 0 Å². The van der Waals surface area contributed by atoms with Crippen molar-refractivity contribution in [2.75, 3.05) is 0 Å². The molecule has 4 nitrogen and oxygen atoms in total. The molecule has 0 atom stereocenters. The summed E-state index contributed by atoms with van der Waals surface area (Å²) in [5, 5.41) is 13.4. The van der Waals surface area contributed by atoms with Crippen LogP contribution in [-0.4, -0.2) is 20.7 Å². The lowest BCUT2D eigenvalue weighted by Crippen LogP contribution is -1.97. The van der Waals surface area contributed by atoms with E-state index in [1.165, 1.54) is 11.8 Å². The topological polar surface area (TPSA) is 63.1 Å². The molecule has 1 N–H and O–H groups in total. The molecule has 0 saturated carbocycles. The number of carboxylic acid groups (broad SMARTS) is 1. The van der Waals surface area contributed by atoms with E-state index in [1.54, 1.807) is 12.1 Å². The van der Waals surface area contributed by atoms with E-state index in [0.29, 0.717) is 16.5 Å². The Balaban J connectivity index is 2.05. The second kappa shape index (κ2) is 5.48. The molecule has 0 aliphatic carbocycles. The minimum Gasteiger partial charge on any atom is -0.477 e. The van der Waals surface area contributed by atoms with E-state index in [1.807, 2.05) is 12.1 Å². The Morgan fingerprint density at radius 2 is 2.12 bits per heavy atom. The molecule has 2 aromatic rings. The van der Waals surface area contributed by atoms with Gasteiger partial charge in [-0.15, -0.1) is 16.9 Å². The van der Waals surface area contributed by atoms with Crippen LogP contribution in [0.2, 0.25) is 5.02 Å². The van der Waals surface area contributed by atoms with E-state index in [0.717, 1.165) is 16.4 Å². The van der Waals surface area contributed by atoms with Gasteiger partial charge in [-0.25, -0.2) is 4.79 Å². The maximum Gasteiger partial charge on any atom is 0.349 e. The highest BCUT2D eigenvalue weighted by atomic mass is 35.5. The van der Waals surface area contributed by atoms with Gasteiger partial charge in [0, 0.05) is 15.7 Å².